The van der Waals surface area contributed by atoms with E-state index in [0.717, 1.165) is 52.0 Å². The molecular weight excluding hydrogens is 738 g/mol. The summed E-state index contributed by atoms with van der Waals surface area (Å²) in [5.74, 6) is 0.113. The number of unbranched alkanes of at least 4 members (excludes halogenated alkanes) is 1. The van der Waals surface area contributed by atoms with E-state index in [1.54, 1.807) is 0 Å². The Morgan fingerprint density at radius 2 is 1.34 bits per heavy atom. The monoisotopic (exact) mass is 774 g/mol. The molecule has 0 spiro atoms. The first-order chi connectivity index (χ1) is 20.6. The molecule has 2 aliphatic heterocycles. The van der Waals surface area contributed by atoms with E-state index in [1.807, 2.05) is 6.92 Å². The molecule has 0 amide bonds. The molecule has 2 fully saturated rings. The van der Waals surface area contributed by atoms with E-state index in [9.17, 15) is 29.0 Å². The van der Waals surface area contributed by atoms with Crippen molar-refractivity contribution in [2.75, 3.05) is 45.9 Å². The van der Waals surface area contributed by atoms with Crippen LogP contribution in [-0.4, -0.2) is 83.0 Å². The molecule has 1 N–H and O–H groups in total. The number of halogens is 5. The van der Waals surface area contributed by atoms with Gasteiger partial charge in [-0.2, -0.15) is 0 Å². The normalized spacial score (nSPS) is 15.5. The van der Waals surface area contributed by atoms with Crippen LogP contribution in [0.5, 0.6) is 11.8 Å². The van der Waals surface area contributed by atoms with Gasteiger partial charge in [-0.3, -0.25) is 20.2 Å². The largest absolute Gasteiger partial charge is 0.473 e. The summed E-state index contributed by atoms with van der Waals surface area (Å²) in [6.45, 7) is 6.87. The van der Waals surface area contributed by atoms with Crippen molar-refractivity contribution in [3.8, 4) is 11.8 Å². The van der Waals surface area contributed by atoms with Crippen LogP contribution in [0, 0.1) is 20.2 Å². The summed E-state index contributed by atoms with van der Waals surface area (Å²) in [4.78, 5) is 30.5. The average molecular weight is 777 g/mol. The molecule has 0 unspecified atom stereocenters. The molecule has 0 aliphatic carbocycles. The quantitative estimate of drug-likeness (QED) is 0.144. The lowest BCUT2D eigenvalue weighted by Gasteiger charge is -2.28. The molecule has 0 aromatic carbocycles. The molecule has 0 atom stereocenters. The van der Waals surface area contributed by atoms with Crippen LogP contribution in [0.1, 0.15) is 51.9 Å². The third-order valence-electron chi connectivity index (χ3n) is 6.37. The molecule has 0 bridgehead atoms. The molecule has 248 valence electrons. The second-order valence-electron chi connectivity index (χ2n) is 9.81. The number of aromatic nitrogens is 2. The minimum atomic E-state index is -0.674. The lowest BCUT2D eigenvalue weighted by atomic mass is 10.1. The Morgan fingerprint density at radius 1 is 0.886 bits per heavy atom. The van der Waals surface area contributed by atoms with Gasteiger partial charge in [0.2, 0.25) is 0 Å². The Bertz CT molecular complexity index is 1150. The summed E-state index contributed by atoms with van der Waals surface area (Å²) in [7, 11) is 0. The number of likely N-dealkylation sites (tertiary alicyclic amines) is 1. The van der Waals surface area contributed by atoms with Crippen molar-refractivity contribution in [3.63, 3.8) is 0 Å². The summed E-state index contributed by atoms with van der Waals surface area (Å²) in [5.41, 5.74) is -0.261. The fraction of sp³-hybridized carbons (Fsp3) is 0.630. The molecule has 12 nitrogen and oxygen atoms in total. The first kappa shape index (κ1) is 39.8. The SMILES string of the molecule is CCCCOc1ncc(Br)cc1[N+](=O)[O-].Cl.FC1CCNCC1.O=[N+]([O-])c1cc(Br)cnc1OCCCN1CCC(F)CC1. The molecule has 4 rings (SSSR count). The molecule has 2 aliphatic rings. The van der Waals surface area contributed by atoms with E-state index in [0.29, 0.717) is 47.8 Å². The Morgan fingerprint density at radius 3 is 1.75 bits per heavy atom. The highest BCUT2D eigenvalue weighted by molar-refractivity contribution is 9.10. The predicted octanol–water partition coefficient (Wildman–Crippen LogP) is 7.02. The third kappa shape index (κ3) is 15.6. The average Bonchev–Trinajstić information content (AvgIpc) is 2.98. The Hall–Kier alpha value is -2.27. The highest BCUT2D eigenvalue weighted by atomic mass is 79.9. The minimum Gasteiger partial charge on any atom is -0.473 e. The number of nitro groups is 2. The summed E-state index contributed by atoms with van der Waals surface area (Å²) in [6, 6.07) is 2.75. The topological polar surface area (TPSA) is 146 Å². The van der Waals surface area contributed by atoms with Gasteiger partial charge in [0.05, 0.1) is 23.1 Å². The summed E-state index contributed by atoms with van der Waals surface area (Å²) in [6.07, 6.45) is 6.89. The van der Waals surface area contributed by atoms with Crippen LogP contribution in [0.4, 0.5) is 20.2 Å². The number of hydrogen-bond donors (Lipinski definition) is 1. The Balaban J connectivity index is 0.000000366. The molecule has 2 aromatic heterocycles. The van der Waals surface area contributed by atoms with Gasteiger partial charge >= 0.3 is 11.4 Å². The number of rotatable bonds is 11. The molecule has 17 heteroatoms. The summed E-state index contributed by atoms with van der Waals surface area (Å²) < 4.78 is 36.9. The fourth-order valence-corrected chi connectivity index (χ4v) is 4.64. The molecule has 2 saturated heterocycles. The van der Waals surface area contributed by atoms with Crippen molar-refractivity contribution >= 4 is 55.6 Å². The van der Waals surface area contributed by atoms with E-state index in [4.69, 9.17) is 9.47 Å². The second kappa shape index (κ2) is 22.3. The summed E-state index contributed by atoms with van der Waals surface area (Å²) in [5, 5.41) is 24.7. The molecular formula is C27H39Br2ClF2N6O6. The van der Waals surface area contributed by atoms with Crippen molar-refractivity contribution in [3.05, 3.63) is 53.7 Å². The maximum absolute atomic E-state index is 13.0. The van der Waals surface area contributed by atoms with Crippen LogP contribution in [-0.2, 0) is 0 Å². The van der Waals surface area contributed by atoms with Crippen LogP contribution >= 0.6 is 44.3 Å². The number of nitrogens with zero attached hydrogens (tertiary/aromatic N) is 5. The molecule has 2 aromatic rings. The molecule has 0 radical (unpaired) electrons. The maximum Gasteiger partial charge on any atom is 0.332 e. The van der Waals surface area contributed by atoms with Crippen LogP contribution < -0.4 is 14.8 Å². The minimum absolute atomic E-state index is 0. The number of piperidine rings is 2. The van der Waals surface area contributed by atoms with Crippen LogP contribution in [0.25, 0.3) is 0 Å². The van der Waals surface area contributed by atoms with Gasteiger partial charge < -0.3 is 19.7 Å². The fourth-order valence-electron chi connectivity index (χ4n) is 4.00. The maximum atomic E-state index is 13.0. The van der Waals surface area contributed by atoms with Gasteiger partial charge in [0, 0.05) is 53.1 Å². The van der Waals surface area contributed by atoms with E-state index in [-0.39, 0.29) is 35.5 Å². The van der Waals surface area contributed by atoms with Crippen molar-refractivity contribution in [2.24, 2.45) is 0 Å². The molecule has 0 saturated carbocycles. The third-order valence-corrected chi connectivity index (χ3v) is 7.24. The Labute approximate surface area is 278 Å². The van der Waals surface area contributed by atoms with E-state index in [1.165, 1.54) is 24.5 Å². The van der Waals surface area contributed by atoms with Crippen molar-refractivity contribution in [1.82, 2.24) is 20.2 Å². The van der Waals surface area contributed by atoms with Gasteiger partial charge in [-0.05, 0) is 83.5 Å². The van der Waals surface area contributed by atoms with Crippen LogP contribution in [0.2, 0.25) is 0 Å². The van der Waals surface area contributed by atoms with Gasteiger partial charge in [0.25, 0.3) is 11.8 Å². The first-order valence-corrected chi connectivity index (χ1v) is 15.8. The van der Waals surface area contributed by atoms with Crippen LogP contribution in [0.15, 0.2) is 33.5 Å². The Kier molecular flexibility index (Phi) is 20.1. The highest BCUT2D eigenvalue weighted by Crippen LogP contribution is 2.28. The van der Waals surface area contributed by atoms with Crippen molar-refractivity contribution in [1.29, 1.82) is 0 Å². The predicted molar refractivity (Wildman–Crippen MR) is 173 cm³/mol. The van der Waals surface area contributed by atoms with Gasteiger partial charge in [-0.15, -0.1) is 12.4 Å². The van der Waals surface area contributed by atoms with E-state index in [2.05, 4.69) is 52.0 Å². The van der Waals surface area contributed by atoms with Crippen molar-refractivity contribution < 1.29 is 28.1 Å². The zero-order chi connectivity index (χ0) is 31.6. The first-order valence-electron chi connectivity index (χ1n) is 14.2. The van der Waals surface area contributed by atoms with Gasteiger partial charge in [0.1, 0.15) is 12.3 Å². The molecule has 4 heterocycles. The number of alkyl halides is 2. The molecule has 44 heavy (non-hydrogen) atoms. The zero-order valence-corrected chi connectivity index (χ0v) is 28.5. The highest BCUT2D eigenvalue weighted by Gasteiger charge is 2.20. The number of pyridine rings is 2. The van der Waals surface area contributed by atoms with Crippen molar-refractivity contribution in [2.45, 2.75) is 64.2 Å². The van der Waals surface area contributed by atoms with Gasteiger partial charge in [-0.25, -0.2) is 18.7 Å². The number of hydrogen-bond acceptors (Lipinski definition) is 10. The van der Waals surface area contributed by atoms with E-state index >= 15 is 0 Å². The smallest absolute Gasteiger partial charge is 0.332 e. The van der Waals surface area contributed by atoms with Gasteiger partial charge in [-0.1, -0.05) is 13.3 Å². The standard InChI is InChI=1S/C13H17BrFN3O3.C9H11BrN2O3.C5H10FN.ClH/c14-10-8-12(18(19)20)13(16-9-10)21-7-1-4-17-5-2-11(15)3-6-17;1-2-3-4-15-9-8(12(13)14)5-7(10)6-11-9;6-5-1-3-7-4-2-5;/h8-9,11H,1-7H2;5-6H,2-4H2,1H3;5,7H,1-4H2;1H. The number of nitrogens with one attached hydrogen (secondary N) is 1. The van der Waals surface area contributed by atoms with E-state index < -0.39 is 22.2 Å². The second-order valence-corrected chi connectivity index (χ2v) is 11.6. The number of ether oxygens (including phenoxy) is 2. The summed E-state index contributed by atoms with van der Waals surface area (Å²) >= 11 is 6.27. The lowest BCUT2D eigenvalue weighted by molar-refractivity contribution is -0.386. The van der Waals surface area contributed by atoms with Crippen LogP contribution in [0.3, 0.4) is 0 Å². The van der Waals surface area contributed by atoms with Gasteiger partial charge in [0.15, 0.2) is 0 Å². The zero-order valence-electron chi connectivity index (χ0n) is 24.5. The lowest BCUT2D eigenvalue weighted by Crippen LogP contribution is -2.35.